The summed E-state index contributed by atoms with van der Waals surface area (Å²) in [7, 11) is 0. The van der Waals surface area contributed by atoms with Gasteiger partial charge >= 0.3 is 0 Å². The number of nitrogens with one attached hydrogen (secondary N) is 1. The number of benzene rings is 1. The van der Waals surface area contributed by atoms with Crippen molar-refractivity contribution in [2.24, 2.45) is 0 Å². The molecule has 6 heteroatoms. The SMILES string of the molecule is Clc1cc(Cl)cc(NCc2csnn2)c1. The molecule has 0 spiro atoms. The molecule has 0 saturated carbocycles. The molecule has 0 aliphatic carbocycles. The lowest BCUT2D eigenvalue weighted by Gasteiger charge is -2.05. The quantitative estimate of drug-likeness (QED) is 0.918. The minimum atomic E-state index is 0.612. The number of hydrogen-bond donors (Lipinski definition) is 1. The molecule has 0 amide bonds. The minimum absolute atomic E-state index is 0.612. The van der Waals surface area contributed by atoms with Crippen molar-refractivity contribution in [1.29, 1.82) is 0 Å². The van der Waals surface area contributed by atoms with Gasteiger partial charge in [0.1, 0.15) is 0 Å². The van der Waals surface area contributed by atoms with Crippen LogP contribution in [0.1, 0.15) is 5.69 Å². The van der Waals surface area contributed by atoms with E-state index in [-0.39, 0.29) is 0 Å². The highest BCUT2D eigenvalue weighted by molar-refractivity contribution is 7.03. The van der Waals surface area contributed by atoms with Gasteiger partial charge in [0.2, 0.25) is 0 Å². The van der Waals surface area contributed by atoms with Crippen LogP contribution in [0.5, 0.6) is 0 Å². The van der Waals surface area contributed by atoms with E-state index in [0.29, 0.717) is 16.6 Å². The smallest absolute Gasteiger partial charge is 0.0946 e. The zero-order chi connectivity index (χ0) is 10.7. The van der Waals surface area contributed by atoms with Crippen LogP contribution in [-0.2, 0) is 6.54 Å². The van der Waals surface area contributed by atoms with Crippen LogP contribution in [0.4, 0.5) is 5.69 Å². The van der Waals surface area contributed by atoms with Crippen LogP contribution in [0.15, 0.2) is 23.6 Å². The molecule has 1 aromatic heterocycles. The molecule has 2 aromatic rings. The second-order valence-corrected chi connectivity index (χ2v) is 4.39. The van der Waals surface area contributed by atoms with Crippen molar-refractivity contribution in [2.45, 2.75) is 6.54 Å². The van der Waals surface area contributed by atoms with E-state index in [1.54, 1.807) is 6.07 Å². The highest BCUT2D eigenvalue weighted by Gasteiger charge is 1.99. The molecule has 2 rings (SSSR count). The van der Waals surface area contributed by atoms with Gasteiger partial charge in [-0.3, -0.25) is 0 Å². The van der Waals surface area contributed by atoms with Crippen molar-refractivity contribution in [3.63, 3.8) is 0 Å². The van der Waals surface area contributed by atoms with Crippen LogP contribution >= 0.6 is 34.7 Å². The summed E-state index contributed by atoms with van der Waals surface area (Å²) < 4.78 is 3.77. The molecule has 1 aromatic carbocycles. The Labute approximate surface area is 101 Å². The summed E-state index contributed by atoms with van der Waals surface area (Å²) in [5.74, 6) is 0. The minimum Gasteiger partial charge on any atom is -0.379 e. The van der Waals surface area contributed by atoms with Crippen LogP contribution in [0.3, 0.4) is 0 Å². The maximum atomic E-state index is 5.86. The van der Waals surface area contributed by atoms with Crippen LogP contribution in [0.2, 0.25) is 10.0 Å². The van der Waals surface area contributed by atoms with Crippen molar-refractivity contribution in [3.05, 3.63) is 39.3 Å². The number of anilines is 1. The first-order chi connectivity index (χ1) is 7.24. The standard InChI is InChI=1S/C9H7Cl2N3S/c10-6-1-7(11)3-8(2-6)12-4-9-5-15-14-13-9/h1-3,5,12H,4H2. The molecular formula is C9H7Cl2N3S. The lowest BCUT2D eigenvalue weighted by molar-refractivity contribution is 0.999. The van der Waals surface area contributed by atoms with Gasteiger partial charge in [0.25, 0.3) is 0 Å². The van der Waals surface area contributed by atoms with Crippen LogP contribution < -0.4 is 5.32 Å². The molecule has 0 atom stereocenters. The lowest BCUT2D eigenvalue weighted by Crippen LogP contribution is -1.99. The first-order valence-corrected chi connectivity index (χ1v) is 5.79. The van der Waals surface area contributed by atoms with Gasteiger partial charge in [-0.15, -0.1) is 5.10 Å². The number of rotatable bonds is 3. The fourth-order valence-electron chi connectivity index (χ4n) is 1.11. The molecule has 0 fully saturated rings. The molecule has 0 bridgehead atoms. The molecule has 78 valence electrons. The normalized spacial score (nSPS) is 10.3. The number of nitrogens with zero attached hydrogens (tertiary/aromatic N) is 2. The zero-order valence-electron chi connectivity index (χ0n) is 7.58. The summed E-state index contributed by atoms with van der Waals surface area (Å²) in [6.45, 7) is 0.618. The number of halogens is 2. The predicted octanol–water partition coefficient (Wildman–Crippen LogP) is 3.46. The van der Waals surface area contributed by atoms with Crippen LogP contribution in [0.25, 0.3) is 0 Å². The molecule has 3 nitrogen and oxygen atoms in total. The molecule has 0 unspecified atom stereocenters. The second kappa shape index (κ2) is 4.79. The summed E-state index contributed by atoms with van der Waals surface area (Å²) in [5.41, 5.74) is 1.77. The van der Waals surface area contributed by atoms with Gasteiger partial charge in [-0.25, -0.2) is 0 Å². The van der Waals surface area contributed by atoms with E-state index < -0.39 is 0 Å². The summed E-state index contributed by atoms with van der Waals surface area (Å²) in [6, 6.07) is 5.32. The Morgan fingerprint density at radius 2 is 1.93 bits per heavy atom. The van der Waals surface area contributed by atoms with Crippen molar-refractivity contribution in [3.8, 4) is 0 Å². The van der Waals surface area contributed by atoms with Crippen molar-refractivity contribution >= 4 is 40.4 Å². The molecule has 0 aliphatic rings. The second-order valence-electron chi connectivity index (χ2n) is 2.91. The number of hydrogen-bond acceptors (Lipinski definition) is 4. The van der Waals surface area contributed by atoms with Gasteiger partial charge in [0, 0.05) is 21.1 Å². The van der Waals surface area contributed by atoms with E-state index in [1.807, 2.05) is 17.5 Å². The molecular weight excluding hydrogens is 253 g/mol. The van der Waals surface area contributed by atoms with E-state index in [1.165, 1.54) is 11.5 Å². The molecule has 1 heterocycles. The Balaban J connectivity index is 2.05. The molecule has 15 heavy (non-hydrogen) atoms. The van der Waals surface area contributed by atoms with E-state index in [2.05, 4.69) is 14.9 Å². The van der Waals surface area contributed by atoms with E-state index in [0.717, 1.165) is 11.4 Å². The molecule has 0 radical (unpaired) electrons. The first-order valence-electron chi connectivity index (χ1n) is 4.20. The maximum absolute atomic E-state index is 5.86. The monoisotopic (exact) mass is 259 g/mol. The predicted molar refractivity (Wildman–Crippen MR) is 63.7 cm³/mol. The summed E-state index contributed by atoms with van der Waals surface area (Å²) in [5, 5.41) is 10.2. The van der Waals surface area contributed by atoms with E-state index in [4.69, 9.17) is 23.2 Å². The van der Waals surface area contributed by atoms with Crippen LogP contribution in [-0.4, -0.2) is 9.59 Å². The maximum Gasteiger partial charge on any atom is 0.0946 e. The van der Waals surface area contributed by atoms with Crippen molar-refractivity contribution in [2.75, 3.05) is 5.32 Å². The summed E-state index contributed by atoms with van der Waals surface area (Å²) in [6.07, 6.45) is 0. The Kier molecular flexibility index (Phi) is 3.41. The fourth-order valence-corrected chi connectivity index (χ4v) is 2.09. The third kappa shape index (κ3) is 3.06. The Morgan fingerprint density at radius 1 is 1.20 bits per heavy atom. The summed E-state index contributed by atoms with van der Waals surface area (Å²) >= 11 is 13.0. The van der Waals surface area contributed by atoms with E-state index in [9.17, 15) is 0 Å². The Morgan fingerprint density at radius 3 is 2.53 bits per heavy atom. The topological polar surface area (TPSA) is 37.8 Å². The van der Waals surface area contributed by atoms with Gasteiger partial charge in [0.15, 0.2) is 0 Å². The van der Waals surface area contributed by atoms with Gasteiger partial charge < -0.3 is 5.32 Å². The fraction of sp³-hybridized carbons (Fsp3) is 0.111. The first kappa shape index (κ1) is 10.7. The van der Waals surface area contributed by atoms with E-state index >= 15 is 0 Å². The number of aromatic nitrogens is 2. The van der Waals surface area contributed by atoms with Crippen molar-refractivity contribution < 1.29 is 0 Å². The average Bonchev–Trinajstić information content (AvgIpc) is 2.65. The molecule has 0 saturated heterocycles. The van der Waals surface area contributed by atoms with Gasteiger partial charge in [0.05, 0.1) is 12.2 Å². The van der Waals surface area contributed by atoms with Crippen LogP contribution in [0, 0.1) is 0 Å². The Hall–Kier alpha value is -0.840. The molecule has 1 N–H and O–H groups in total. The summed E-state index contributed by atoms with van der Waals surface area (Å²) in [4.78, 5) is 0. The van der Waals surface area contributed by atoms with Crippen molar-refractivity contribution in [1.82, 2.24) is 9.59 Å². The van der Waals surface area contributed by atoms with Gasteiger partial charge in [-0.2, -0.15) is 0 Å². The molecule has 0 aliphatic heterocycles. The largest absolute Gasteiger partial charge is 0.379 e. The highest BCUT2D eigenvalue weighted by atomic mass is 35.5. The van der Waals surface area contributed by atoms with Gasteiger partial charge in [-0.05, 0) is 29.7 Å². The Bertz CT molecular complexity index is 424. The zero-order valence-corrected chi connectivity index (χ0v) is 9.90. The third-order valence-corrected chi connectivity index (χ3v) is 2.73. The average molecular weight is 260 g/mol. The highest BCUT2D eigenvalue weighted by Crippen LogP contribution is 2.22. The lowest BCUT2D eigenvalue weighted by atomic mass is 10.3. The third-order valence-electron chi connectivity index (χ3n) is 1.74. The van der Waals surface area contributed by atoms with Gasteiger partial charge in [-0.1, -0.05) is 27.7 Å².